The molecule has 1 atom stereocenters. The second-order valence-corrected chi connectivity index (χ2v) is 5.24. The third kappa shape index (κ3) is 1.34. The highest BCUT2D eigenvalue weighted by molar-refractivity contribution is 5.79. The van der Waals surface area contributed by atoms with Gasteiger partial charge in [-0.1, -0.05) is 24.3 Å². The lowest BCUT2D eigenvalue weighted by Crippen LogP contribution is -2.34. The summed E-state index contributed by atoms with van der Waals surface area (Å²) >= 11 is 0. The van der Waals surface area contributed by atoms with Crippen LogP contribution >= 0.6 is 0 Å². The Bertz CT molecular complexity index is 1010. The molecule has 0 fully saturated rings. The molecule has 3 aromatic rings. The van der Waals surface area contributed by atoms with Crippen LogP contribution in [0.2, 0.25) is 0 Å². The van der Waals surface area contributed by atoms with Crippen LogP contribution in [0.5, 0.6) is 0 Å². The minimum absolute atomic E-state index is 0.112. The fourth-order valence-corrected chi connectivity index (χ4v) is 3.28. The Morgan fingerprint density at radius 2 is 1.90 bits per heavy atom. The van der Waals surface area contributed by atoms with Crippen LogP contribution in [0.3, 0.4) is 0 Å². The first-order valence-corrected chi connectivity index (χ1v) is 6.92. The first kappa shape index (κ1) is 10.9. The Labute approximate surface area is 120 Å². The monoisotopic (exact) mass is 271 g/mol. The minimum atomic E-state index is 0.112. The average Bonchev–Trinajstić information content (AvgIpc) is 2.95. The van der Waals surface area contributed by atoms with E-state index in [4.69, 9.17) is 0 Å². The number of fused-ring (bicyclic) bond motifs is 7. The summed E-state index contributed by atoms with van der Waals surface area (Å²) in [7, 11) is 0. The molecule has 98 valence electrons. The van der Waals surface area contributed by atoms with Gasteiger partial charge in [-0.15, -0.1) is 0 Å². The molecule has 2 aliphatic rings. The van der Waals surface area contributed by atoms with E-state index in [1.807, 2.05) is 18.5 Å². The Hall–Kier alpha value is -2.88. The quantitative estimate of drug-likeness (QED) is 0.577. The molecule has 4 nitrogen and oxygen atoms in total. The van der Waals surface area contributed by atoms with Crippen molar-refractivity contribution in [2.45, 2.75) is 6.04 Å². The molecule has 1 unspecified atom stereocenters. The molecule has 4 heterocycles. The van der Waals surface area contributed by atoms with Crippen molar-refractivity contribution in [2.75, 3.05) is 0 Å². The second kappa shape index (κ2) is 3.82. The van der Waals surface area contributed by atoms with Crippen LogP contribution < -0.4 is 15.2 Å². The molecule has 0 aliphatic carbocycles. The number of aromatic nitrogens is 3. The van der Waals surface area contributed by atoms with Crippen LogP contribution in [0.4, 0.5) is 5.82 Å². The second-order valence-electron chi connectivity index (χ2n) is 5.24. The first-order valence-electron chi connectivity index (χ1n) is 6.92. The number of benzene rings is 1. The van der Waals surface area contributed by atoms with Crippen molar-refractivity contribution in [1.29, 1.82) is 0 Å². The van der Waals surface area contributed by atoms with Crippen LogP contribution in [-0.4, -0.2) is 15.0 Å². The molecule has 0 saturated carbocycles. The molecule has 0 spiro atoms. The maximum Gasteiger partial charge on any atom is 0.335 e. The van der Waals surface area contributed by atoms with Gasteiger partial charge in [0, 0.05) is 23.2 Å². The molecule has 0 saturated heterocycles. The van der Waals surface area contributed by atoms with E-state index in [1.54, 1.807) is 6.33 Å². The molecular formula is C17H11N4+. The predicted octanol–water partition coefficient (Wildman–Crippen LogP) is 1.21. The van der Waals surface area contributed by atoms with Crippen molar-refractivity contribution < 1.29 is 0 Å². The van der Waals surface area contributed by atoms with E-state index in [0.29, 0.717) is 0 Å². The van der Waals surface area contributed by atoms with Crippen LogP contribution in [0.15, 0.2) is 55.1 Å². The van der Waals surface area contributed by atoms with E-state index < -0.39 is 0 Å². The lowest BCUT2D eigenvalue weighted by atomic mass is 9.97. The summed E-state index contributed by atoms with van der Waals surface area (Å²) in [6.45, 7) is 0. The zero-order valence-electron chi connectivity index (χ0n) is 11.1. The fourth-order valence-electron chi connectivity index (χ4n) is 3.28. The van der Waals surface area contributed by atoms with Crippen molar-refractivity contribution in [3.8, 4) is 11.1 Å². The van der Waals surface area contributed by atoms with Gasteiger partial charge in [0.05, 0.1) is 11.3 Å². The van der Waals surface area contributed by atoms with E-state index >= 15 is 0 Å². The lowest BCUT2D eigenvalue weighted by molar-refractivity contribution is 0.646. The standard InChI is InChI=1S/C17H11N4/c1-2-6-14-11(4-1)8-15-16-12(5-3-7-19-16)13-9-18-10-20-17(13)21(14)15/h1-10,15H/q+1. The third-order valence-electron chi connectivity index (χ3n) is 4.14. The molecular weight excluding hydrogens is 260 g/mol. The van der Waals surface area contributed by atoms with Crippen molar-refractivity contribution in [3.63, 3.8) is 0 Å². The molecule has 0 N–H and O–H groups in total. The number of pyridine rings is 1. The Morgan fingerprint density at radius 1 is 0.952 bits per heavy atom. The summed E-state index contributed by atoms with van der Waals surface area (Å²) in [5.74, 6) is 0.955. The highest BCUT2D eigenvalue weighted by Crippen LogP contribution is 2.40. The van der Waals surface area contributed by atoms with Gasteiger partial charge in [0.1, 0.15) is 5.36 Å². The van der Waals surface area contributed by atoms with Gasteiger partial charge in [-0.3, -0.25) is 4.98 Å². The van der Waals surface area contributed by atoms with E-state index in [-0.39, 0.29) is 6.04 Å². The summed E-state index contributed by atoms with van der Waals surface area (Å²) in [6.07, 6.45) is 7.59. The number of hydrogen-bond donors (Lipinski definition) is 0. The highest BCUT2D eigenvalue weighted by Gasteiger charge is 2.37. The van der Waals surface area contributed by atoms with Crippen LogP contribution in [0.25, 0.3) is 17.2 Å². The predicted molar refractivity (Wildman–Crippen MR) is 79.1 cm³/mol. The molecule has 2 aromatic heterocycles. The molecule has 2 aliphatic heterocycles. The topological polar surface area (TPSA) is 41.7 Å². The van der Waals surface area contributed by atoms with Gasteiger partial charge in [0.25, 0.3) is 0 Å². The zero-order valence-corrected chi connectivity index (χ0v) is 11.1. The molecule has 21 heavy (non-hydrogen) atoms. The Balaban J connectivity index is 2.01. The van der Waals surface area contributed by atoms with Crippen molar-refractivity contribution in [1.82, 2.24) is 19.5 Å². The number of hydrogen-bond acceptors (Lipinski definition) is 3. The summed E-state index contributed by atoms with van der Waals surface area (Å²) in [5, 5.41) is 2.41. The van der Waals surface area contributed by atoms with Gasteiger partial charge in [0.15, 0.2) is 6.04 Å². The normalized spacial score (nSPS) is 17.3. The lowest BCUT2D eigenvalue weighted by Gasteiger charge is -2.20. The van der Waals surface area contributed by atoms with E-state index in [9.17, 15) is 0 Å². The van der Waals surface area contributed by atoms with Gasteiger partial charge in [0.2, 0.25) is 6.33 Å². The van der Waals surface area contributed by atoms with Gasteiger partial charge < -0.3 is 0 Å². The SMILES string of the molecule is C1=c2ccccc2=[N+]2c3ncncc3-c3cccnc3C12. The van der Waals surface area contributed by atoms with Gasteiger partial charge >= 0.3 is 5.82 Å². The molecule has 1 aromatic carbocycles. The smallest absolute Gasteiger partial charge is 0.256 e. The molecule has 5 rings (SSSR count). The number of para-hydroxylation sites is 1. The largest absolute Gasteiger partial charge is 0.335 e. The summed E-state index contributed by atoms with van der Waals surface area (Å²) in [5.41, 5.74) is 3.23. The molecule has 0 bridgehead atoms. The minimum Gasteiger partial charge on any atom is -0.256 e. The molecule has 4 heteroatoms. The third-order valence-corrected chi connectivity index (χ3v) is 4.14. The van der Waals surface area contributed by atoms with Gasteiger partial charge in [-0.2, -0.15) is 0 Å². The summed E-state index contributed by atoms with van der Waals surface area (Å²) in [4.78, 5) is 13.3. The van der Waals surface area contributed by atoms with E-state index in [0.717, 1.165) is 22.6 Å². The van der Waals surface area contributed by atoms with Gasteiger partial charge in [-0.05, 0) is 23.2 Å². The summed E-state index contributed by atoms with van der Waals surface area (Å²) in [6, 6.07) is 12.6. The van der Waals surface area contributed by atoms with E-state index in [1.165, 1.54) is 10.6 Å². The number of rotatable bonds is 0. The van der Waals surface area contributed by atoms with Crippen LogP contribution in [0.1, 0.15) is 11.7 Å². The van der Waals surface area contributed by atoms with Crippen molar-refractivity contribution in [2.24, 2.45) is 0 Å². The van der Waals surface area contributed by atoms with Crippen LogP contribution in [-0.2, 0) is 0 Å². The Kier molecular flexibility index (Phi) is 1.98. The fraction of sp³-hybridized carbons (Fsp3) is 0.0588. The highest BCUT2D eigenvalue weighted by atomic mass is 15.2. The van der Waals surface area contributed by atoms with Gasteiger partial charge in [-0.25, -0.2) is 9.56 Å². The first-order chi connectivity index (χ1) is 10.4. The maximum absolute atomic E-state index is 4.62. The van der Waals surface area contributed by atoms with Crippen molar-refractivity contribution >= 4 is 11.9 Å². The molecule has 0 radical (unpaired) electrons. The van der Waals surface area contributed by atoms with Crippen LogP contribution in [0, 0.1) is 0 Å². The zero-order chi connectivity index (χ0) is 13.8. The maximum atomic E-state index is 4.62. The van der Waals surface area contributed by atoms with Crippen molar-refractivity contribution in [3.05, 3.63) is 71.4 Å². The average molecular weight is 271 g/mol. The summed E-state index contributed by atoms with van der Waals surface area (Å²) < 4.78 is 2.25. The molecule has 0 amide bonds. The number of nitrogens with zero attached hydrogens (tertiary/aromatic N) is 4. The Morgan fingerprint density at radius 3 is 2.90 bits per heavy atom. The van der Waals surface area contributed by atoms with E-state index in [2.05, 4.69) is 55.9 Å².